The van der Waals surface area contributed by atoms with Crippen LogP contribution in [0.25, 0.3) is 0 Å². The maximum atomic E-state index is 13.1. The Kier molecular flexibility index (Phi) is 6.73. The molecule has 0 saturated carbocycles. The predicted molar refractivity (Wildman–Crippen MR) is 120 cm³/mol. The number of carbonyl (C=O) groups excluding carboxylic acids is 2. The Balaban J connectivity index is 1.51. The minimum absolute atomic E-state index is 0.158. The Morgan fingerprint density at radius 3 is 2.62 bits per heavy atom. The van der Waals surface area contributed by atoms with Gasteiger partial charge < -0.3 is 10.4 Å². The lowest BCUT2D eigenvalue weighted by molar-refractivity contribution is -0.148. The lowest BCUT2D eigenvalue weighted by Gasteiger charge is -2.49. The second-order valence-corrected chi connectivity index (χ2v) is 11.4. The van der Waals surface area contributed by atoms with E-state index in [2.05, 4.69) is 36.5 Å². The summed E-state index contributed by atoms with van der Waals surface area (Å²) in [6, 6.07) is -1.09. The third-order valence-corrected chi connectivity index (χ3v) is 9.04. The lowest BCUT2D eigenvalue weighted by atomic mass is 10.0. The van der Waals surface area contributed by atoms with Crippen LogP contribution < -0.4 is 5.32 Å². The Bertz CT molecular complexity index is 1230. The average molecular weight is 599 g/mol. The first-order valence-corrected chi connectivity index (χ1v) is 13.0. The summed E-state index contributed by atoms with van der Waals surface area (Å²) < 4.78 is 40.1. The molecule has 4 rings (SSSR count). The third kappa shape index (κ3) is 4.45. The SMILES string of the molecule is Cc1nnc(SCC2=C(C(=O)O)N3C(=O)[C@@H](NC(=O)c4c(Br)c(C(F)(F)F)nn4C)[C@H]3SC2)s1. The first kappa shape index (κ1) is 25.0. The maximum absolute atomic E-state index is 13.1. The molecule has 4 heterocycles. The Labute approximate surface area is 210 Å². The van der Waals surface area contributed by atoms with Crippen LogP contribution >= 0.6 is 50.8 Å². The summed E-state index contributed by atoms with van der Waals surface area (Å²) in [5.41, 5.74) is -1.31. The van der Waals surface area contributed by atoms with Crippen molar-refractivity contribution in [3.8, 4) is 0 Å². The molecule has 1 saturated heterocycles. The summed E-state index contributed by atoms with van der Waals surface area (Å²) in [4.78, 5) is 38.5. The molecule has 2 aromatic heterocycles. The van der Waals surface area contributed by atoms with Crippen LogP contribution in [0.3, 0.4) is 0 Å². The van der Waals surface area contributed by atoms with Crippen LogP contribution in [-0.4, -0.2) is 70.7 Å². The van der Waals surface area contributed by atoms with Gasteiger partial charge in [0.2, 0.25) is 0 Å². The van der Waals surface area contributed by atoms with E-state index >= 15 is 0 Å². The van der Waals surface area contributed by atoms with E-state index in [9.17, 15) is 32.7 Å². The van der Waals surface area contributed by atoms with Gasteiger partial charge in [-0.15, -0.1) is 22.0 Å². The van der Waals surface area contributed by atoms with E-state index in [0.29, 0.717) is 21.4 Å². The van der Waals surface area contributed by atoms with Gasteiger partial charge in [-0.05, 0) is 28.4 Å². The first-order chi connectivity index (χ1) is 15.9. The summed E-state index contributed by atoms with van der Waals surface area (Å²) in [6.07, 6.45) is -4.78. The van der Waals surface area contributed by atoms with Crippen LogP contribution in [0.1, 0.15) is 21.2 Å². The monoisotopic (exact) mass is 598 g/mol. The van der Waals surface area contributed by atoms with Crippen LogP contribution in [0.5, 0.6) is 0 Å². The van der Waals surface area contributed by atoms with Crippen molar-refractivity contribution in [2.24, 2.45) is 7.05 Å². The molecule has 2 atom stereocenters. The van der Waals surface area contributed by atoms with E-state index in [0.717, 1.165) is 14.6 Å². The number of β-lactam (4-membered cyclic amide) rings is 1. The summed E-state index contributed by atoms with van der Waals surface area (Å²) >= 11 is 6.70. The number of thioether (sulfide) groups is 2. The summed E-state index contributed by atoms with van der Waals surface area (Å²) in [5.74, 6) is -2.30. The standard InChI is InChI=1S/C17H14BrF3N6O4S3/c1-5-23-24-16(34-5)33-4-6-3-32-14-8(13(29)27(14)9(6)15(30)31)22-12(28)10-7(18)11(17(19,20)21)25-26(10)2/h8,14H,3-4H2,1-2H3,(H,22,28)(H,30,31)/t8-,14-/m1/s1. The number of carboxylic acids is 1. The van der Waals surface area contributed by atoms with Crippen molar-refractivity contribution in [3.05, 3.63) is 32.1 Å². The molecule has 10 nitrogen and oxygen atoms in total. The normalized spacial score (nSPS) is 20.3. The molecule has 0 unspecified atom stereocenters. The summed E-state index contributed by atoms with van der Waals surface area (Å²) in [6.45, 7) is 1.80. The highest BCUT2D eigenvalue weighted by Gasteiger charge is 2.54. The maximum Gasteiger partial charge on any atom is 0.436 e. The number of hydrogen-bond donors (Lipinski definition) is 2. The topological polar surface area (TPSA) is 130 Å². The zero-order valence-electron chi connectivity index (χ0n) is 17.2. The molecule has 2 N–H and O–H groups in total. The number of alkyl halides is 3. The zero-order chi connectivity index (χ0) is 24.9. The predicted octanol–water partition coefficient (Wildman–Crippen LogP) is 2.51. The van der Waals surface area contributed by atoms with Crippen LogP contribution in [-0.2, 0) is 22.8 Å². The molecule has 0 spiro atoms. The fraction of sp³-hybridized carbons (Fsp3) is 0.412. The quantitative estimate of drug-likeness (QED) is 0.380. The molecule has 2 aromatic rings. The van der Waals surface area contributed by atoms with Crippen molar-refractivity contribution in [2.45, 2.75) is 28.9 Å². The van der Waals surface area contributed by atoms with Gasteiger partial charge in [-0.1, -0.05) is 23.1 Å². The van der Waals surface area contributed by atoms with Gasteiger partial charge in [0, 0.05) is 18.6 Å². The van der Waals surface area contributed by atoms with Gasteiger partial charge in [0.1, 0.15) is 27.8 Å². The number of hydrogen-bond acceptors (Lipinski definition) is 9. The van der Waals surface area contributed by atoms with E-state index < -0.39 is 51.2 Å². The first-order valence-electron chi connectivity index (χ1n) is 9.33. The molecule has 0 aliphatic carbocycles. The van der Waals surface area contributed by atoms with E-state index in [1.807, 2.05) is 0 Å². The lowest BCUT2D eigenvalue weighted by Crippen LogP contribution is -2.70. The van der Waals surface area contributed by atoms with Gasteiger partial charge in [-0.25, -0.2) is 4.79 Å². The Morgan fingerprint density at radius 1 is 1.35 bits per heavy atom. The minimum Gasteiger partial charge on any atom is -0.477 e. The fourth-order valence-corrected chi connectivity index (χ4v) is 7.46. The fourth-order valence-electron chi connectivity index (χ4n) is 3.42. The molecule has 0 radical (unpaired) electrons. The van der Waals surface area contributed by atoms with Crippen molar-refractivity contribution >= 4 is 68.6 Å². The largest absolute Gasteiger partial charge is 0.477 e. The number of aromatic nitrogens is 4. The highest BCUT2D eigenvalue weighted by Crippen LogP contribution is 2.42. The molecule has 0 aromatic carbocycles. The van der Waals surface area contributed by atoms with Crippen molar-refractivity contribution in [1.29, 1.82) is 0 Å². The Morgan fingerprint density at radius 2 is 2.06 bits per heavy atom. The van der Waals surface area contributed by atoms with Gasteiger partial charge in [0.25, 0.3) is 11.8 Å². The second kappa shape index (κ2) is 9.16. The minimum atomic E-state index is -4.78. The summed E-state index contributed by atoms with van der Waals surface area (Å²) in [5, 5.41) is 23.5. The highest BCUT2D eigenvalue weighted by molar-refractivity contribution is 9.10. The van der Waals surface area contributed by atoms with Gasteiger partial charge in [0.15, 0.2) is 10.0 Å². The number of halogens is 4. The molecule has 34 heavy (non-hydrogen) atoms. The van der Waals surface area contributed by atoms with E-state index in [1.165, 1.54) is 41.9 Å². The third-order valence-electron chi connectivity index (χ3n) is 4.89. The molecule has 1 fully saturated rings. The van der Waals surface area contributed by atoms with Crippen LogP contribution in [0.2, 0.25) is 0 Å². The van der Waals surface area contributed by atoms with Crippen molar-refractivity contribution in [3.63, 3.8) is 0 Å². The number of nitrogens with one attached hydrogen (secondary N) is 1. The number of amides is 2. The zero-order valence-corrected chi connectivity index (χ0v) is 21.2. The van der Waals surface area contributed by atoms with Gasteiger partial charge >= 0.3 is 12.1 Å². The molecular formula is C17H14BrF3N6O4S3. The number of carboxylic acid groups (broad SMARTS) is 1. The highest BCUT2D eigenvalue weighted by atomic mass is 79.9. The number of aryl methyl sites for hydroxylation is 2. The molecule has 2 aliphatic heterocycles. The molecule has 0 bridgehead atoms. The van der Waals surface area contributed by atoms with Gasteiger partial charge in [-0.2, -0.15) is 18.3 Å². The summed E-state index contributed by atoms with van der Waals surface area (Å²) in [7, 11) is 1.17. The smallest absolute Gasteiger partial charge is 0.436 e. The number of aliphatic carboxylic acids is 1. The number of nitrogens with zero attached hydrogens (tertiary/aromatic N) is 5. The molecule has 2 aliphatic rings. The average Bonchev–Trinajstić information content (AvgIpc) is 3.31. The van der Waals surface area contributed by atoms with Crippen molar-refractivity contribution in [2.75, 3.05) is 11.5 Å². The van der Waals surface area contributed by atoms with E-state index in [4.69, 9.17) is 0 Å². The van der Waals surface area contributed by atoms with Crippen LogP contribution in [0.15, 0.2) is 20.1 Å². The number of rotatable bonds is 6. The molecule has 2 amide bonds. The second-order valence-electron chi connectivity index (χ2n) is 7.13. The number of carbonyl (C=O) groups is 3. The van der Waals surface area contributed by atoms with Crippen molar-refractivity contribution in [1.82, 2.24) is 30.2 Å². The van der Waals surface area contributed by atoms with E-state index in [-0.39, 0.29) is 5.70 Å². The number of fused-ring (bicyclic) bond motifs is 1. The van der Waals surface area contributed by atoms with Crippen LogP contribution in [0.4, 0.5) is 13.2 Å². The molecule has 182 valence electrons. The van der Waals surface area contributed by atoms with Gasteiger partial charge in [0.05, 0.1) is 4.47 Å². The van der Waals surface area contributed by atoms with Crippen LogP contribution in [0, 0.1) is 6.92 Å². The van der Waals surface area contributed by atoms with Crippen molar-refractivity contribution < 1.29 is 32.7 Å². The molecule has 17 heteroatoms. The Hall–Kier alpha value is -2.11. The molecular weight excluding hydrogens is 585 g/mol. The van der Waals surface area contributed by atoms with Gasteiger partial charge in [-0.3, -0.25) is 19.2 Å². The van der Waals surface area contributed by atoms with E-state index in [1.54, 1.807) is 6.92 Å².